The molecule has 0 bridgehead atoms. The fourth-order valence-electron chi connectivity index (χ4n) is 3.05. The van der Waals surface area contributed by atoms with Crippen molar-refractivity contribution < 1.29 is 0 Å². The number of hydrogen-bond acceptors (Lipinski definition) is 0. The van der Waals surface area contributed by atoms with Gasteiger partial charge in [0, 0.05) is 0 Å². The molecule has 0 spiro atoms. The molecular formula is C14H22. The van der Waals surface area contributed by atoms with Gasteiger partial charge in [-0.05, 0) is 49.4 Å². The summed E-state index contributed by atoms with van der Waals surface area (Å²) in [6.07, 6.45) is 15.2. The van der Waals surface area contributed by atoms with E-state index in [4.69, 9.17) is 0 Å². The van der Waals surface area contributed by atoms with Gasteiger partial charge in [0.05, 0.1) is 0 Å². The van der Waals surface area contributed by atoms with Crippen LogP contribution in [0.5, 0.6) is 0 Å². The molecule has 2 rings (SSSR count). The first-order chi connectivity index (χ1) is 6.77. The van der Waals surface area contributed by atoms with E-state index in [2.05, 4.69) is 38.2 Å². The average Bonchev–Trinajstić information content (AvgIpc) is 2.18. The topological polar surface area (TPSA) is 0 Å². The van der Waals surface area contributed by atoms with Crippen molar-refractivity contribution in [3.05, 3.63) is 24.3 Å². The Morgan fingerprint density at radius 2 is 2.07 bits per heavy atom. The molecule has 0 amide bonds. The van der Waals surface area contributed by atoms with Crippen LogP contribution >= 0.6 is 0 Å². The first kappa shape index (κ1) is 10.0. The van der Waals surface area contributed by atoms with Crippen molar-refractivity contribution in [2.45, 2.75) is 39.5 Å². The van der Waals surface area contributed by atoms with Gasteiger partial charge in [0.1, 0.15) is 0 Å². The van der Waals surface area contributed by atoms with Gasteiger partial charge >= 0.3 is 0 Å². The quantitative estimate of drug-likeness (QED) is 0.573. The van der Waals surface area contributed by atoms with E-state index in [1.807, 2.05) is 0 Å². The van der Waals surface area contributed by atoms with Crippen molar-refractivity contribution in [3.8, 4) is 0 Å². The van der Waals surface area contributed by atoms with Crippen LogP contribution in [-0.4, -0.2) is 0 Å². The van der Waals surface area contributed by atoms with Crippen molar-refractivity contribution in [2.24, 2.45) is 23.7 Å². The number of fused-ring (bicyclic) bond motifs is 1. The Labute approximate surface area is 88.1 Å². The third-order valence-corrected chi connectivity index (χ3v) is 3.66. The molecule has 2 aliphatic rings. The molecular weight excluding hydrogens is 168 g/mol. The Kier molecular flexibility index (Phi) is 3.10. The maximum Gasteiger partial charge on any atom is -0.0139 e. The Bertz CT molecular complexity index is 234. The standard InChI is InChI=1S/C14H22/c1-11(2)10-13-8-5-7-12-6-3-4-9-14(12)13/h4-5,7,9,11-14H,3,6,8,10H2,1-2H3. The fourth-order valence-corrected chi connectivity index (χ4v) is 3.05. The lowest BCUT2D eigenvalue weighted by Crippen LogP contribution is -2.26. The molecule has 0 radical (unpaired) electrons. The van der Waals surface area contributed by atoms with Crippen LogP contribution in [0.1, 0.15) is 39.5 Å². The van der Waals surface area contributed by atoms with E-state index in [1.165, 1.54) is 25.7 Å². The molecule has 2 aliphatic carbocycles. The second kappa shape index (κ2) is 4.33. The van der Waals surface area contributed by atoms with Gasteiger partial charge in [0.25, 0.3) is 0 Å². The summed E-state index contributed by atoms with van der Waals surface area (Å²) in [7, 11) is 0. The van der Waals surface area contributed by atoms with Gasteiger partial charge in [-0.25, -0.2) is 0 Å². The summed E-state index contributed by atoms with van der Waals surface area (Å²) >= 11 is 0. The van der Waals surface area contributed by atoms with Gasteiger partial charge in [-0.15, -0.1) is 0 Å². The molecule has 0 N–H and O–H groups in total. The summed E-state index contributed by atoms with van der Waals surface area (Å²) in [5, 5.41) is 0. The van der Waals surface area contributed by atoms with Crippen LogP contribution in [0.25, 0.3) is 0 Å². The summed E-state index contributed by atoms with van der Waals surface area (Å²) in [5.74, 6) is 3.48. The molecule has 0 aromatic carbocycles. The van der Waals surface area contributed by atoms with Crippen LogP contribution in [0.2, 0.25) is 0 Å². The molecule has 0 saturated carbocycles. The largest absolute Gasteiger partial charge is 0.0882 e. The third kappa shape index (κ3) is 2.10. The van der Waals surface area contributed by atoms with Crippen molar-refractivity contribution in [2.75, 3.05) is 0 Å². The van der Waals surface area contributed by atoms with Crippen LogP contribution < -0.4 is 0 Å². The second-order valence-corrected chi connectivity index (χ2v) is 5.30. The predicted octanol–water partition coefficient (Wildman–Crippen LogP) is 4.19. The van der Waals surface area contributed by atoms with Crippen molar-refractivity contribution in [1.29, 1.82) is 0 Å². The first-order valence-electron chi connectivity index (χ1n) is 6.10. The summed E-state index contributed by atoms with van der Waals surface area (Å²) in [6.45, 7) is 4.69. The zero-order valence-electron chi connectivity index (χ0n) is 9.45. The second-order valence-electron chi connectivity index (χ2n) is 5.30. The average molecular weight is 190 g/mol. The highest BCUT2D eigenvalue weighted by atomic mass is 14.3. The van der Waals surface area contributed by atoms with E-state index in [9.17, 15) is 0 Å². The van der Waals surface area contributed by atoms with Crippen LogP contribution in [-0.2, 0) is 0 Å². The van der Waals surface area contributed by atoms with E-state index < -0.39 is 0 Å². The summed E-state index contributed by atoms with van der Waals surface area (Å²) in [4.78, 5) is 0. The fraction of sp³-hybridized carbons (Fsp3) is 0.714. The van der Waals surface area contributed by atoms with Crippen LogP contribution in [0.4, 0.5) is 0 Å². The first-order valence-corrected chi connectivity index (χ1v) is 6.10. The van der Waals surface area contributed by atoms with Gasteiger partial charge in [0.15, 0.2) is 0 Å². The third-order valence-electron chi connectivity index (χ3n) is 3.66. The van der Waals surface area contributed by atoms with Crippen molar-refractivity contribution in [3.63, 3.8) is 0 Å². The minimum atomic E-state index is 0.850. The summed E-state index contributed by atoms with van der Waals surface area (Å²) < 4.78 is 0. The zero-order chi connectivity index (χ0) is 9.97. The predicted molar refractivity (Wildman–Crippen MR) is 62.1 cm³/mol. The molecule has 0 aromatic rings. The highest BCUT2D eigenvalue weighted by molar-refractivity contribution is 5.10. The van der Waals surface area contributed by atoms with E-state index in [0.29, 0.717) is 0 Å². The monoisotopic (exact) mass is 190 g/mol. The maximum absolute atomic E-state index is 2.49. The Hall–Kier alpha value is -0.520. The van der Waals surface area contributed by atoms with Gasteiger partial charge in [-0.3, -0.25) is 0 Å². The highest BCUT2D eigenvalue weighted by Gasteiger charge is 2.29. The maximum atomic E-state index is 2.49. The van der Waals surface area contributed by atoms with Gasteiger partial charge in [0.2, 0.25) is 0 Å². The lowest BCUT2D eigenvalue weighted by molar-refractivity contribution is 0.246. The summed E-state index contributed by atoms with van der Waals surface area (Å²) in [5.41, 5.74) is 0. The minimum absolute atomic E-state index is 0.850. The lowest BCUT2D eigenvalue weighted by atomic mass is 9.69. The van der Waals surface area contributed by atoms with Crippen LogP contribution in [0.15, 0.2) is 24.3 Å². The molecule has 78 valence electrons. The molecule has 3 unspecified atom stereocenters. The molecule has 0 nitrogen and oxygen atoms in total. The molecule has 0 fully saturated rings. The Morgan fingerprint density at radius 3 is 2.86 bits per heavy atom. The van der Waals surface area contributed by atoms with Gasteiger partial charge in [-0.2, -0.15) is 0 Å². The van der Waals surface area contributed by atoms with Gasteiger partial charge < -0.3 is 0 Å². The molecule has 14 heavy (non-hydrogen) atoms. The Balaban J connectivity index is 2.06. The van der Waals surface area contributed by atoms with Crippen molar-refractivity contribution >= 4 is 0 Å². The SMILES string of the molecule is CC(C)CC1CC=CC2CCC=CC21. The van der Waals surface area contributed by atoms with E-state index in [0.717, 1.165) is 23.7 Å². The van der Waals surface area contributed by atoms with E-state index in [1.54, 1.807) is 0 Å². The molecule has 0 heteroatoms. The van der Waals surface area contributed by atoms with Gasteiger partial charge in [-0.1, -0.05) is 38.2 Å². The number of allylic oxidation sites excluding steroid dienone is 4. The zero-order valence-corrected chi connectivity index (χ0v) is 9.45. The molecule has 3 atom stereocenters. The van der Waals surface area contributed by atoms with E-state index in [-0.39, 0.29) is 0 Å². The molecule has 0 saturated heterocycles. The Morgan fingerprint density at radius 1 is 1.21 bits per heavy atom. The molecule has 0 aromatic heterocycles. The normalized spacial score (nSPS) is 36.1. The molecule has 0 aliphatic heterocycles. The lowest BCUT2D eigenvalue weighted by Gasteiger charge is -2.36. The number of hydrogen-bond donors (Lipinski definition) is 0. The minimum Gasteiger partial charge on any atom is -0.0882 e. The molecule has 0 heterocycles. The summed E-state index contributed by atoms with van der Waals surface area (Å²) in [6, 6.07) is 0. The highest BCUT2D eigenvalue weighted by Crippen LogP contribution is 2.39. The number of rotatable bonds is 2. The van der Waals surface area contributed by atoms with Crippen LogP contribution in [0.3, 0.4) is 0 Å². The smallest absolute Gasteiger partial charge is 0.0139 e. The van der Waals surface area contributed by atoms with Crippen LogP contribution in [0, 0.1) is 23.7 Å². The van der Waals surface area contributed by atoms with Crippen molar-refractivity contribution in [1.82, 2.24) is 0 Å². The van der Waals surface area contributed by atoms with E-state index >= 15 is 0 Å².